The van der Waals surface area contributed by atoms with Crippen molar-refractivity contribution in [3.63, 3.8) is 0 Å². The summed E-state index contributed by atoms with van der Waals surface area (Å²) in [4.78, 5) is 20.3. The molecule has 0 radical (unpaired) electrons. The fraction of sp³-hybridized carbons (Fsp3) is 0.0833. The number of benzene rings is 1. The number of nitrogens with one attached hydrogen (secondary N) is 1. The number of aromatic amines is 1. The second-order valence-corrected chi connectivity index (χ2v) is 4.06. The van der Waals surface area contributed by atoms with E-state index < -0.39 is 0 Å². The lowest BCUT2D eigenvalue weighted by Crippen LogP contribution is -2.15. The van der Waals surface area contributed by atoms with Gasteiger partial charge in [-0.15, -0.1) is 11.6 Å². The van der Waals surface area contributed by atoms with Crippen molar-refractivity contribution in [3.05, 3.63) is 52.4 Å². The average Bonchev–Trinajstić information content (AvgIpc) is 2.84. The van der Waals surface area contributed by atoms with Crippen molar-refractivity contribution in [2.75, 3.05) is 0 Å². The molecule has 0 bridgehead atoms. The fourth-order valence-corrected chi connectivity index (χ4v) is 1.86. The zero-order valence-electron chi connectivity index (χ0n) is 9.30. The number of nitrogens with zero attached hydrogens (tertiary/aromatic N) is 3. The maximum absolute atomic E-state index is 11.8. The molecule has 3 rings (SSSR count). The molecule has 0 aliphatic rings. The van der Waals surface area contributed by atoms with Crippen LogP contribution in [0, 0.1) is 0 Å². The van der Waals surface area contributed by atoms with Crippen molar-refractivity contribution in [1.29, 1.82) is 0 Å². The van der Waals surface area contributed by atoms with Crippen molar-refractivity contribution in [2.45, 2.75) is 5.88 Å². The molecule has 0 atom stereocenters. The van der Waals surface area contributed by atoms with Crippen molar-refractivity contribution in [2.24, 2.45) is 0 Å². The van der Waals surface area contributed by atoms with Gasteiger partial charge in [-0.05, 0) is 0 Å². The molecule has 0 saturated carbocycles. The molecule has 0 spiro atoms. The Labute approximate surface area is 107 Å². The number of aromatic nitrogens is 4. The molecule has 6 heteroatoms. The minimum absolute atomic E-state index is 0.194. The quantitative estimate of drug-likeness (QED) is 0.715. The van der Waals surface area contributed by atoms with Crippen LogP contribution in [0.3, 0.4) is 0 Å². The minimum atomic E-state index is -0.217. The van der Waals surface area contributed by atoms with Gasteiger partial charge in [0.2, 0.25) is 0 Å². The molecular formula is C12H9ClN4O. The second-order valence-electron chi connectivity index (χ2n) is 3.79. The van der Waals surface area contributed by atoms with Crippen LogP contribution in [0.1, 0.15) is 5.69 Å². The molecular weight excluding hydrogens is 252 g/mol. The predicted molar refractivity (Wildman–Crippen MR) is 68.6 cm³/mol. The third-order valence-corrected chi connectivity index (χ3v) is 2.84. The molecule has 2 aromatic heterocycles. The first kappa shape index (κ1) is 11.0. The van der Waals surface area contributed by atoms with Gasteiger partial charge in [0.1, 0.15) is 0 Å². The van der Waals surface area contributed by atoms with Crippen molar-refractivity contribution in [1.82, 2.24) is 19.6 Å². The first-order chi connectivity index (χ1) is 8.78. The largest absolute Gasteiger partial charge is 0.274 e. The summed E-state index contributed by atoms with van der Waals surface area (Å²) in [5.41, 5.74) is 1.20. The Morgan fingerprint density at radius 1 is 1.22 bits per heavy atom. The van der Waals surface area contributed by atoms with E-state index in [9.17, 15) is 4.79 Å². The van der Waals surface area contributed by atoms with Crippen LogP contribution in [0.2, 0.25) is 0 Å². The zero-order chi connectivity index (χ0) is 12.5. The molecule has 0 aliphatic carbocycles. The van der Waals surface area contributed by atoms with Crippen LogP contribution in [0.15, 0.2) is 41.2 Å². The van der Waals surface area contributed by atoms with Crippen LogP contribution in [0.25, 0.3) is 17.2 Å². The SMILES string of the molecule is O=c1cc(CCl)nc2nc(-c3ccccc3)[nH]n12. The third kappa shape index (κ3) is 1.78. The number of H-pyrrole nitrogens is 1. The Balaban J connectivity index is 2.23. The lowest BCUT2D eigenvalue weighted by molar-refractivity contribution is 0.889. The number of hydrogen-bond acceptors (Lipinski definition) is 3. The van der Waals surface area contributed by atoms with Crippen molar-refractivity contribution in [3.8, 4) is 11.4 Å². The molecule has 2 heterocycles. The maximum atomic E-state index is 11.8. The molecule has 0 aliphatic heterocycles. The van der Waals surface area contributed by atoms with E-state index in [4.69, 9.17) is 11.6 Å². The summed E-state index contributed by atoms with van der Waals surface area (Å²) in [6.45, 7) is 0. The van der Waals surface area contributed by atoms with Gasteiger partial charge >= 0.3 is 0 Å². The number of alkyl halides is 1. The highest BCUT2D eigenvalue weighted by Gasteiger charge is 2.08. The molecule has 1 aromatic carbocycles. The Kier molecular flexibility index (Phi) is 2.60. The second kappa shape index (κ2) is 4.27. The number of rotatable bonds is 2. The lowest BCUT2D eigenvalue weighted by atomic mass is 10.2. The Bertz CT molecular complexity index is 748. The van der Waals surface area contributed by atoms with Crippen molar-refractivity contribution < 1.29 is 0 Å². The zero-order valence-corrected chi connectivity index (χ0v) is 10.1. The summed E-state index contributed by atoms with van der Waals surface area (Å²) in [5.74, 6) is 1.13. The molecule has 5 nitrogen and oxygen atoms in total. The normalized spacial score (nSPS) is 10.9. The molecule has 18 heavy (non-hydrogen) atoms. The van der Waals surface area contributed by atoms with Gasteiger partial charge in [0, 0.05) is 11.6 Å². The predicted octanol–water partition coefficient (Wildman–Crippen LogP) is 1.82. The van der Waals surface area contributed by atoms with Gasteiger partial charge < -0.3 is 0 Å². The van der Waals surface area contributed by atoms with Crippen LogP contribution < -0.4 is 5.56 Å². The summed E-state index contributed by atoms with van der Waals surface area (Å²) in [5, 5.41) is 2.92. The van der Waals surface area contributed by atoms with E-state index >= 15 is 0 Å². The molecule has 0 unspecified atom stereocenters. The van der Waals surface area contributed by atoms with E-state index in [1.54, 1.807) is 0 Å². The summed E-state index contributed by atoms with van der Waals surface area (Å²) >= 11 is 5.67. The van der Waals surface area contributed by atoms with Gasteiger partial charge in [-0.2, -0.15) is 9.50 Å². The van der Waals surface area contributed by atoms with Gasteiger partial charge in [0.05, 0.1) is 11.6 Å². The summed E-state index contributed by atoms with van der Waals surface area (Å²) in [6.07, 6.45) is 0. The first-order valence-corrected chi connectivity index (χ1v) is 5.91. The standard InChI is InChI=1S/C12H9ClN4O/c13-7-9-6-10(18)17-12(14-9)15-11(16-17)8-4-2-1-3-5-8/h1-6H,7H2,(H,14,15,16). The van der Waals surface area contributed by atoms with E-state index in [-0.39, 0.29) is 11.4 Å². The highest BCUT2D eigenvalue weighted by molar-refractivity contribution is 6.16. The summed E-state index contributed by atoms with van der Waals surface area (Å²) in [7, 11) is 0. The van der Waals surface area contributed by atoms with Crippen LogP contribution >= 0.6 is 11.6 Å². The summed E-state index contributed by atoms with van der Waals surface area (Å²) < 4.78 is 1.30. The number of hydrogen-bond donors (Lipinski definition) is 1. The Morgan fingerprint density at radius 3 is 2.72 bits per heavy atom. The van der Waals surface area contributed by atoms with Crippen LogP contribution in [0.5, 0.6) is 0 Å². The lowest BCUT2D eigenvalue weighted by Gasteiger charge is -1.93. The van der Waals surface area contributed by atoms with Gasteiger partial charge in [0.25, 0.3) is 11.3 Å². The number of halogens is 1. The average molecular weight is 261 g/mol. The maximum Gasteiger partial charge on any atom is 0.274 e. The van der Waals surface area contributed by atoms with Gasteiger partial charge in [0.15, 0.2) is 5.82 Å². The third-order valence-electron chi connectivity index (χ3n) is 2.57. The van der Waals surface area contributed by atoms with Gasteiger partial charge in [-0.3, -0.25) is 9.89 Å². The topological polar surface area (TPSA) is 63.0 Å². The van der Waals surface area contributed by atoms with Gasteiger partial charge in [-0.25, -0.2) is 4.98 Å². The highest BCUT2D eigenvalue weighted by Crippen LogP contribution is 2.14. The number of fused-ring (bicyclic) bond motifs is 1. The monoisotopic (exact) mass is 260 g/mol. The van der Waals surface area contributed by atoms with Gasteiger partial charge in [-0.1, -0.05) is 30.3 Å². The van der Waals surface area contributed by atoms with E-state index in [1.807, 2.05) is 30.3 Å². The molecule has 3 aromatic rings. The molecule has 0 amide bonds. The van der Waals surface area contributed by atoms with E-state index in [1.165, 1.54) is 10.6 Å². The molecule has 1 N–H and O–H groups in total. The Hall–Kier alpha value is -2.14. The van der Waals surface area contributed by atoms with Crippen LogP contribution in [-0.2, 0) is 5.88 Å². The Morgan fingerprint density at radius 2 is 2.00 bits per heavy atom. The fourth-order valence-electron chi connectivity index (χ4n) is 1.72. The summed E-state index contributed by atoms with van der Waals surface area (Å²) in [6, 6.07) is 10.9. The smallest absolute Gasteiger partial charge is 0.271 e. The molecule has 0 saturated heterocycles. The minimum Gasteiger partial charge on any atom is -0.271 e. The van der Waals surface area contributed by atoms with E-state index in [0.29, 0.717) is 17.3 Å². The first-order valence-electron chi connectivity index (χ1n) is 5.38. The van der Waals surface area contributed by atoms with E-state index in [0.717, 1.165) is 5.56 Å². The highest BCUT2D eigenvalue weighted by atomic mass is 35.5. The molecule has 90 valence electrons. The van der Waals surface area contributed by atoms with E-state index in [2.05, 4.69) is 15.1 Å². The van der Waals surface area contributed by atoms with Crippen LogP contribution in [-0.4, -0.2) is 19.6 Å². The van der Waals surface area contributed by atoms with Crippen LogP contribution in [0.4, 0.5) is 0 Å². The molecule has 0 fully saturated rings. The van der Waals surface area contributed by atoms with Crippen molar-refractivity contribution >= 4 is 17.4 Å².